The van der Waals surface area contributed by atoms with Crippen LogP contribution in [0.2, 0.25) is 5.02 Å². The molecule has 2 fully saturated rings. The van der Waals surface area contributed by atoms with Gasteiger partial charge in [-0.05, 0) is 49.3 Å². The number of nitrogens with zero attached hydrogens (tertiary/aromatic N) is 1. The van der Waals surface area contributed by atoms with Gasteiger partial charge in [0.15, 0.2) is 0 Å². The first-order valence-electron chi connectivity index (χ1n) is 7.94. The number of piperidine rings is 1. The molecule has 3 atom stereocenters. The van der Waals surface area contributed by atoms with Crippen molar-refractivity contribution >= 4 is 23.2 Å². The predicted molar refractivity (Wildman–Crippen MR) is 86.4 cm³/mol. The highest BCUT2D eigenvalue weighted by atomic mass is 35.5. The molecule has 1 aromatic rings. The topological polar surface area (TPSA) is 46.3 Å². The number of hydrogen-bond donors (Lipinski definition) is 1. The van der Waals surface area contributed by atoms with Gasteiger partial charge in [0, 0.05) is 18.3 Å². The zero-order chi connectivity index (χ0) is 15.0. The third-order valence-electron chi connectivity index (χ3n) is 5.22. The molecule has 0 spiro atoms. The average Bonchev–Trinajstić information content (AvgIpc) is 2.50. The maximum absolute atomic E-state index is 12.9. The lowest BCUT2D eigenvalue weighted by molar-refractivity contribution is 0.0218. The lowest BCUT2D eigenvalue weighted by atomic mass is 9.72. The van der Waals surface area contributed by atoms with Crippen LogP contribution < -0.4 is 5.73 Å². The van der Waals surface area contributed by atoms with E-state index in [2.05, 4.69) is 11.8 Å². The predicted octanol–water partition coefficient (Wildman–Crippen LogP) is 3.96. The molecule has 1 saturated heterocycles. The lowest BCUT2D eigenvalue weighted by Crippen LogP contribution is -2.52. The van der Waals surface area contributed by atoms with E-state index in [0.29, 0.717) is 28.2 Å². The van der Waals surface area contributed by atoms with E-state index in [4.69, 9.17) is 17.3 Å². The van der Waals surface area contributed by atoms with Crippen LogP contribution in [-0.4, -0.2) is 23.4 Å². The minimum Gasteiger partial charge on any atom is -0.399 e. The second-order valence-corrected chi connectivity index (χ2v) is 6.93. The summed E-state index contributed by atoms with van der Waals surface area (Å²) in [4.78, 5) is 15.0. The van der Waals surface area contributed by atoms with E-state index in [-0.39, 0.29) is 5.91 Å². The van der Waals surface area contributed by atoms with E-state index in [1.165, 1.54) is 19.3 Å². The lowest BCUT2D eigenvalue weighted by Gasteiger charge is -2.47. The summed E-state index contributed by atoms with van der Waals surface area (Å²) in [6.45, 7) is 3.17. The average molecular weight is 307 g/mol. The zero-order valence-electron chi connectivity index (χ0n) is 12.5. The molecule has 3 unspecified atom stereocenters. The minimum absolute atomic E-state index is 0.0519. The van der Waals surface area contributed by atoms with Crippen LogP contribution >= 0.6 is 11.6 Å². The highest BCUT2D eigenvalue weighted by Crippen LogP contribution is 2.39. The summed E-state index contributed by atoms with van der Waals surface area (Å²) in [5.74, 6) is 1.42. The van der Waals surface area contributed by atoms with Gasteiger partial charge in [-0.25, -0.2) is 0 Å². The number of nitrogens with two attached hydrogens (primary N) is 1. The number of carbonyl (C=O) groups excluding carboxylic acids is 1. The Morgan fingerprint density at radius 1 is 1.29 bits per heavy atom. The molecule has 1 saturated carbocycles. The first-order chi connectivity index (χ1) is 10.1. The van der Waals surface area contributed by atoms with Crippen LogP contribution in [0.4, 0.5) is 5.69 Å². The first-order valence-corrected chi connectivity index (χ1v) is 8.31. The van der Waals surface area contributed by atoms with Crippen molar-refractivity contribution in [2.24, 2.45) is 11.8 Å². The van der Waals surface area contributed by atoms with Gasteiger partial charge in [-0.2, -0.15) is 0 Å². The quantitative estimate of drug-likeness (QED) is 0.798. The maximum atomic E-state index is 12.9. The smallest absolute Gasteiger partial charge is 0.255 e. The van der Waals surface area contributed by atoms with Gasteiger partial charge in [0.25, 0.3) is 5.91 Å². The Bertz CT molecular complexity index is 546. The van der Waals surface area contributed by atoms with Gasteiger partial charge >= 0.3 is 0 Å². The number of likely N-dealkylation sites (tertiary alicyclic amines) is 1. The Labute approximate surface area is 131 Å². The number of rotatable bonds is 1. The number of halogens is 1. The van der Waals surface area contributed by atoms with Gasteiger partial charge in [0.05, 0.1) is 10.6 Å². The summed E-state index contributed by atoms with van der Waals surface area (Å²) in [7, 11) is 0. The molecule has 21 heavy (non-hydrogen) atoms. The molecule has 1 heterocycles. The summed E-state index contributed by atoms with van der Waals surface area (Å²) in [5.41, 5.74) is 6.96. The van der Waals surface area contributed by atoms with Crippen molar-refractivity contribution in [2.45, 2.75) is 45.1 Å². The molecule has 114 valence electrons. The monoisotopic (exact) mass is 306 g/mol. The zero-order valence-corrected chi connectivity index (χ0v) is 13.3. The van der Waals surface area contributed by atoms with E-state index in [0.717, 1.165) is 25.3 Å². The van der Waals surface area contributed by atoms with E-state index < -0.39 is 0 Å². The number of anilines is 1. The molecule has 3 rings (SSSR count). The number of fused-ring (bicyclic) bond motifs is 1. The van der Waals surface area contributed by atoms with Gasteiger partial charge in [-0.1, -0.05) is 31.4 Å². The van der Waals surface area contributed by atoms with Gasteiger partial charge in [-0.15, -0.1) is 0 Å². The fraction of sp³-hybridized carbons (Fsp3) is 0.588. The number of benzene rings is 1. The van der Waals surface area contributed by atoms with Crippen LogP contribution in [0.15, 0.2) is 18.2 Å². The number of nitrogen functional groups attached to an aromatic ring is 1. The molecule has 2 aliphatic rings. The molecule has 0 bridgehead atoms. The molecule has 0 radical (unpaired) electrons. The van der Waals surface area contributed by atoms with Gasteiger partial charge in [0.1, 0.15) is 0 Å². The van der Waals surface area contributed by atoms with Crippen molar-refractivity contribution in [1.82, 2.24) is 4.90 Å². The van der Waals surface area contributed by atoms with Crippen LogP contribution in [-0.2, 0) is 0 Å². The third-order valence-corrected chi connectivity index (χ3v) is 5.55. The molecule has 4 heteroatoms. The highest BCUT2D eigenvalue weighted by Gasteiger charge is 2.39. The van der Waals surface area contributed by atoms with Gasteiger partial charge < -0.3 is 10.6 Å². The molecule has 1 aliphatic carbocycles. The van der Waals surface area contributed by atoms with E-state index in [9.17, 15) is 4.79 Å². The normalized spacial score (nSPS) is 29.0. The van der Waals surface area contributed by atoms with Crippen LogP contribution in [0.5, 0.6) is 0 Å². The van der Waals surface area contributed by atoms with Crippen molar-refractivity contribution in [2.75, 3.05) is 12.3 Å². The molecule has 1 aromatic carbocycles. The maximum Gasteiger partial charge on any atom is 0.255 e. The van der Waals surface area contributed by atoms with Crippen molar-refractivity contribution in [3.63, 3.8) is 0 Å². The summed E-state index contributed by atoms with van der Waals surface area (Å²) >= 11 is 6.21. The largest absolute Gasteiger partial charge is 0.399 e. The SMILES string of the molecule is CC1CCN(C(=O)c2cc(N)ccc2Cl)C2CCCCC12. The second-order valence-electron chi connectivity index (χ2n) is 6.52. The Kier molecular flexibility index (Phi) is 4.12. The van der Waals surface area contributed by atoms with Crippen molar-refractivity contribution in [1.29, 1.82) is 0 Å². The van der Waals surface area contributed by atoms with E-state index >= 15 is 0 Å². The molecule has 1 amide bonds. The summed E-state index contributed by atoms with van der Waals surface area (Å²) < 4.78 is 0. The van der Waals surface area contributed by atoms with E-state index in [1.807, 2.05) is 0 Å². The number of carbonyl (C=O) groups is 1. The molecular weight excluding hydrogens is 284 g/mol. The highest BCUT2D eigenvalue weighted by molar-refractivity contribution is 6.34. The fourth-order valence-electron chi connectivity index (χ4n) is 4.03. The summed E-state index contributed by atoms with van der Waals surface area (Å²) in [5, 5.41) is 0.500. The van der Waals surface area contributed by atoms with Crippen LogP contribution in [0.1, 0.15) is 49.4 Å². The Hall–Kier alpha value is -1.22. The Balaban J connectivity index is 1.88. The van der Waals surface area contributed by atoms with Crippen molar-refractivity contribution in [3.05, 3.63) is 28.8 Å². The molecule has 1 aliphatic heterocycles. The van der Waals surface area contributed by atoms with Gasteiger partial charge in [-0.3, -0.25) is 4.79 Å². The van der Waals surface area contributed by atoms with Crippen LogP contribution in [0.25, 0.3) is 0 Å². The minimum atomic E-state index is 0.0519. The fourth-order valence-corrected chi connectivity index (χ4v) is 4.23. The number of amides is 1. The molecule has 2 N–H and O–H groups in total. The summed E-state index contributed by atoms with van der Waals surface area (Å²) in [6.07, 6.45) is 5.99. The van der Waals surface area contributed by atoms with Crippen molar-refractivity contribution < 1.29 is 4.79 Å². The standard InChI is InChI=1S/C17H23ClN2O/c1-11-8-9-20(16-5-3-2-4-13(11)16)17(21)14-10-12(19)6-7-15(14)18/h6-7,10-11,13,16H,2-5,8-9,19H2,1H3. The van der Waals surface area contributed by atoms with Crippen LogP contribution in [0, 0.1) is 11.8 Å². The van der Waals surface area contributed by atoms with E-state index in [1.54, 1.807) is 18.2 Å². The second kappa shape index (κ2) is 5.88. The number of hydrogen-bond acceptors (Lipinski definition) is 2. The van der Waals surface area contributed by atoms with Crippen molar-refractivity contribution in [3.8, 4) is 0 Å². The Morgan fingerprint density at radius 3 is 2.86 bits per heavy atom. The van der Waals surface area contributed by atoms with Crippen LogP contribution in [0.3, 0.4) is 0 Å². The molecule has 3 nitrogen and oxygen atoms in total. The summed E-state index contributed by atoms with van der Waals surface area (Å²) in [6, 6.07) is 5.55. The third kappa shape index (κ3) is 2.76. The Morgan fingerprint density at radius 2 is 2.05 bits per heavy atom. The first kappa shape index (κ1) is 14.7. The molecular formula is C17H23ClN2O. The van der Waals surface area contributed by atoms with Gasteiger partial charge in [0.2, 0.25) is 0 Å². The molecule has 0 aromatic heterocycles.